The van der Waals surface area contributed by atoms with E-state index in [9.17, 15) is 4.79 Å². The van der Waals surface area contributed by atoms with Gasteiger partial charge in [0, 0.05) is 11.3 Å². The summed E-state index contributed by atoms with van der Waals surface area (Å²) in [5.41, 5.74) is 0.764. The second-order valence-electron chi connectivity index (χ2n) is 7.56. The molecular formula is C21H25Cl2NO4. The van der Waals surface area contributed by atoms with E-state index in [1.54, 1.807) is 46.1 Å². The van der Waals surface area contributed by atoms with E-state index in [4.69, 9.17) is 37.4 Å². The Labute approximate surface area is 175 Å². The monoisotopic (exact) mass is 425 g/mol. The lowest BCUT2D eigenvalue weighted by molar-refractivity contribution is 0.0636. The third-order valence-electron chi connectivity index (χ3n) is 3.69. The molecule has 0 unspecified atom stereocenters. The molecule has 0 bridgehead atoms. The highest BCUT2D eigenvalue weighted by atomic mass is 35.5. The van der Waals surface area contributed by atoms with Gasteiger partial charge in [-0.2, -0.15) is 0 Å². The van der Waals surface area contributed by atoms with Crippen LogP contribution in [0.4, 0.5) is 10.5 Å². The van der Waals surface area contributed by atoms with Crippen LogP contribution in [0.1, 0.15) is 46.1 Å². The third-order valence-corrected chi connectivity index (χ3v) is 4.26. The second kappa shape index (κ2) is 8.93. The van der Waals surface area contributed by atoms with Crippen LogP contribution in [0.2, 0.25) is 10.0 Å². The minimum atomic E-state index is -0.609. The molecule has 0 saturated heterocycles. The van der Waals surface area contributed by atoms with Gasteiger partial charge >= 0.3 is 6.09 Å². The molecule has 0 saturated carbocycles. The van der Waals surface area contributed by atoms with E-state index in [1.165, 1.54) is 0 Å². The second-order valence-corrected chi connectivity index (χ2v) is 8.37. The predicted molar refractivity (Wildman–Crippen MR) is 113 cm³/mol. The minimum absolute atomic E-state index is 0.204. The SMILES string of the molecule is COc1ccc(Oc2c(Cl)cc(NC(=O)OC(C)(C)C)cc2Cl)c(C(C)C)c1. The van der Waals surface area contributed by atoms with Crippen LogP contribution < -0.4 is 14.8 Å². The number of ether oxygens (including phenoxy) is 3. The van der Waals surface area contributed by atoms with E-state index in [1.807, 2.05) is 12.1 Å². The number of halogens is 2. The standard InChI is InChI=1S/C21H25Cl2NO4/c1-12(2)15-11-14(26-6)7-8-18(15)27-19-16(22)9-13(10-17(19)23)24-20(25)28-21(3,4)5/h7-12H,1-6H3,(H,24,25). The molecule has 0 aliphatic rings. The van der Waals surface area contributed by atoms with Gasteiger partial charge in [-0.1, -0.05) is 37.0 Å². The zero-order valence-electron chi connectivity index (χ0n) is 16.9. The van der Waals surface area contributed by atoms with Gasteiger partial charge in [0.05, 0.1) is 17.2 Å². The van der Waals surface area contributed by atoms with Crippen LogP contribution in [0.5, 0.6) is 17.2 Å². The van der Waals surface area contributed by atoms with Crippen LogP contribution in [0, 0.1) is 0 Å². The zero-order valence-corrected chi connectivity index (χ0v) is 18.4. The fourth-order valence-corrected chi connectivity index (χ4v) is 3.02. The summed E-state index contributed by atoms with van der Waals surface area (Å²) in [6, 6.07) is 8.66. The van der Waals surface area contributed by atoms with Gasteiger partial charge in [-0.25, -0.2) is 4.79 Å². The number of methoxy groups -OCH3 is 1. The molecule has 0 fully saturated rings. The van der Waals surface area contributed by atoms with Crippen molar-refractivity contribution >= 4 is 35.0 Å². The van der Waals surface area contributed by atoms with Crippen LogP contribution in [0.25, 0.3) is 0 Å². The van der Waals surface area contributed by atoms with Crippen molar-refractivity contribution in [2.45, 2.75) is 46.1 Å². The molecule has 2 aromatic rings. The van der Waals surface area contributed by atoms with Crippen molar-refractivity contribution in [1.29, 1.82) is 0 Å². The minimum Gasteiger partial charge on any atom is -0.497 e. The van der Waals surface area contributed by atoms with E-state index in [2.05, 4.69) is 19.2 Å². The van der Waals surface area contributed by atoms with E-state index < -0.39 is 11.7 Å². The van der Waals surface area contributed by atoms with Crippen molar-refractivity contribution in [3.05, 3.63) is 45.9 Å². The van der Waals surface area contributed by atoms with Crippen LogP contribution in [-0.2, 0) is 4.74 Å². The van der Waals surface area contributed by atoms with Gasteiger partial charge in [-0.05, 0) is 57.0 Å². The van der Waals surface area contributed by atoms with Crippen molar-refractivity contribution < 1.29 is 19.0 Å². The van der Waals surface area contributed by atoms with Crippen LogP contribution >= 0.6 is 23.2 Å². The average molecular weight is 426 g/mol. The molecule has 2 aromatic carbocycles. The van der Waals surface area contributed by atoms with Crippen molar-refractivity contribution in [3.63, 3.8) is 0 Å². The first kappa shape index (κ1) is 22.2. The Kier molecular flexibility index (Phi) is 7.07. The maximum atomic E-state index is 11.9. The first-order valence-electron chi connectivity index (χ1n) is 8.85. The molecule has 28 heavy (non-hydrogen) atoms. The van der Waals surface area contributed by atoms with Crippen molar-refractivity contribution in [2.24, 2.45) is 0 Å². The normalized spacial score (nSPS) is 11.3. The lowest BCUT2D eigenvalue weighted by Gasteiger charge is -2.20. The van der Waals surface area contributed by atoms with Gasteiger partial charge in [-0.15, -0.1) is 0 Å². The lowest BCUT2D eigenvalue weighted by Crippen LogP contribution is -2.27. The molecule has 152 valence electrons. The average Bonchev–Trinajstić information content (AvgIpc) is 2.56. The van der Waals surface area contributed by atoms with Crippen molar-refractivity contribution in [2.75, 3.05) is 12.4 Å². The lowest BCUT2D eigenvalue weighted by atomic mass is 10.0. The number of nitrogens with one attached hydrogen (secondary N) is 1. The molecule has 2 rings (SSSR count). The Morgan fingerprint density at radius 1 is 1.07 bits per heavy atom. The summed E-state index contributed by atoms with van der Waals surface area (Å²) >= 11 is 12.7. The topological polar surface area (TPSA) is 56.8 Å². The molecular weight excluding hydrogens is 401 g/mol. The van der Waals surface area contributed by atoms with Gasteiger partial charge < -0.3 is 14.2 Å². The molecule has 5 nitrogen and oxygen atoms in total. The Morgan fingerprint density at radius 2 is 1.68 bits per heavy atom. The van der Waals surface area contributed by atoms with Crippen LogP contribution in [0.3, 0.4) is 0 Å². The molecule has 0 aliphatic heterocycles. The van der Waals surface area contributed by atoms with E-state index in [0.29, 0.717) is 17.2 Å². The quantitative estimate of drug-likeness (QED) is 0.547. The first-order chi connectivity index (χ1) is 13.0. The molecule has 1 N–H and O–H groups in total. The van der Waals surface area contributed by atoms with Gasteiger partial charge in [0.1, 0.15) is 17.1 Å². The first-order valence-corrected chi connectivity index (χ1v) is 9.60. The Balaban J connectivity index is 2.28. The summed E-state index contributed by atoms with van der Waals surface area (Å²) in [5.74, 6) is 1.89. The smallest absolute Gasteiger partial charge is 0.412 e. The van der Waals surface area contributed by atoms with Gasteiger partial charge in [0.2, 0.25) is 0 Å². The summed E-state index contributed by atoms with van der Waals surface area (Å²) in [7, 11) is 1.62. The highest BCUT2D eigenvalue weighted by molar-refractivity contribution is 6.37. The summed E-state index contributed by atoms with van der Waals surface area (Å²) < 4.78 is 16.5. The number of amides is 1. The molecule has 0 aliphatic carbocycles. The number of benzene rings is 2. The number of hydrogen-bond donors (Lipinski definition) is 1. The third kappa shape index (κ3) is 5.94. The van der Waals surface area contributed by atoms with E-state index >= 15 is 0 Å². The van der Waals surface area contributed by atoms with Gasteiger partial charge in [-0.3, -0.25) is 5.32 Å². The predicted octanol–water partition coefficient (Wildman–Crippen LogP) is 7.26. The number of rotatable bonds is 5. The van der Waals surface area contributed by atoms with Crippen molar-refractivity contribution in [1.82, 2.24) is 0 Å². The molecule has 0 radical (unpaired) electrons. The summed E-state index contributed by atoms with van der Waals surface area (Å²) in [5, 5.41) is 3.15. The molecule has 0 aromatic heterocycles. The van der Waals surface area contributed by atoms with Crippen molar-refractivity contribution in [3.8, 4) is 17.2 Å². The summed E-state index contributed by atoms with van der Waals surface area (Å²) in [4.78, 5) is 11.9. The van der Waals surface area contributed by atoms with Gasteiger partial charge in [0.25, 0.3) is 0 Å². The largest absolute Gasteiger partial charge is 0.497 e. The molecule has 0 heterocycles. The highest BCUT2D eigenvalue weighted by Crippen LogP contribution is 2.41. The fraction of sp³-hybridized carbons (Fsp3) is 0.381. The maximum absolute atomic E-state index is 11.9. The van der Waals surface area contributed by atoms with Crippen LogP contribution in [0.15, 0.2) is 30.3 Å². The molecule has 0 atom stereocenters. The van der Waals surface area contributed by atoms with E-state index in [-0.39, 0.29) is 16.0 Å². The number of anilines is 1. The molecule has 1 amide bonds. The summed E-state index contributed by atoms with van der Waals surface area (Å²) in [6.07, 6.45) is -0.592. The molecule has 7 heteroatoms. The Hall–Kier alpha value is -2.11. The number of carbonyl (C=O) groups is 1. The Morgan fingerprint density at radius 3 is 2.18 bits per heavy atom. The van der Waals surface area contributed by atoms with Crippen LogP contribution in [-0.4, -0.2) is 18.8 Å². The molecule has 0 spiro atoms. The highest BCUT2D eigenvalue weighted by Gasteiger charge is 2.19. The van der Waals surface area contributed by atoms with Gasteiger partial charge in [0.15, 0.2) is 5.75 Å². The van der Waals surface area contributed by atoms with E-state index in [0.717, 1.165) is 11.3 Å². The zero-order chi connectivity index (χ0) is 21.1. The fourth-order valence-electron chi connectivity index (χ4n) is 2.46. The summed E-state index contributed by atoms with van der Waals surface area (Å²) in [6.45, 7) is 9.46. The number of hydrogen-bond acceptors (Lipinski definition) is 4. The Bertz CT molecular complexity index is 837. The number of carbonyl (C=O) groups excluding carboxylic acids is 1. The maximum Gasteiger partial charge on any atom is 0.412 e.